The van der Waals surface area contributed by atoms with Crippen molar-refractivity contribution in [1.29, 1.82) is 5.26 Å². The Bertz CT molecular complexity index is 196. The van der Waals surface area contributed by atoms with Crippen LogP contribution in [-0.2, 0) is 9.59 Å². The molecule has 0 aliphatic heterocycles. The summed E-state index contributed by atoms with van der Waals surface area (Å²) in [5, 5.41) is 15.9. The molecule has 0 bridgehead atoms. The summed E-state index contributed by atoms with van der Waals surface area (Å²) in [6.07, 6.45) is 0.972. The Kier molecular flexibility index (Phi) is 2.74. The first-order valence-electron chi connectivity index (χ1n) is 1.91. The SMILES string of the molecule is N#CC(N=C=O)C(=O)O. The lowest BCUT2D eigenvalue weighted by molar-refractivity contribution is -0.137. The van der Waals surface area contributed by atoms with Crippen LogP contribution >= 0.6 is 0 Å². The first kappa shape index (κ1) is 7.34. The van der Waals surface area contributed by atoms with E-state index in [9.17, 15) is 9.59 Å². The Labute approximate surface area is 50.2 Å². The second-order valence-electron chi connectivity index (χ2n) is 1.09. The van der Waals surface area contributed by atoms with Gasteiger partial charge >= 0.3 is 5.97 Å². The van der Waals surface area contributed by atoms with Gasteiger partial charge in [-0.3, -0.25) is 0 Å². The first-order chi connectivity index (χ1) is 4.22. The van der Waals surface area contributed by atoms with Gasteiger partial charge in [-0.1, -0.05) is 0 Å². The zero-order valence-corrected chi connectivity index (χ0v) is 4.24. The molecule has 1 atom stereocenters. The van der Waals surface area contributed by atoms with Gasteiger partial charge in [0, 0.05) is 0 Å². The van der Waals surface area contributed by atoms with Crippen LogP contribution < -0.4 is 0 Å². The molecule has 0 spiro atoms. The predicted molar refractivity (Wildman–Crippen MR) is 25.2 cm³/mol. The minimum absolute atomic E-state index is 0.972. The van der Waals surface area contributed by atoms with Crippen LogP contribution in [0.5, 0.6) is 0 Å². The highest BCUT2D eigenvalue weighted by molar-refractivity contribution is 5.77. The average Bonchev–Trinajstić information content (AvgIpc) is 1.82. The van der Waals surface area contributed by atoms with Crippen molar-refractivity contribution in [3.05, 3.63) is 0 Å². The average molecular weight is 126 g/mol. The number of carbonyl (C=O) groups excluding carboxylic acids is 1. The zero-order chi connectivity index (χ0) is 7.28. The molecule has 0 amide bonds. The van der Waals surface area contributed by atoms with Crippen molar-refractivity contribution in [2.75, 3.05) is 0 Å². The molecule has 0 heterocycles. The van der Waals surface area contributed by atoms with Crippen LogP contribution in [0.2, 0.25) is 0 Å². The number of nitriles is 1. The lowest BCUT2D eigenvalue weighted by atomic mass is 10.4. The van der Waals surface area contributed by atoms with Gasteiger partial charge in [0.1, 0.15) is 6.07 Å². The monoisotopic (exact) mass is 126 g/mol. The largest absolute Gasteiger partial charge is 0.479 e. The standard InChI is InChI=1S/C4H2N2O3/c5-1-3(4(8)9)6-2-7/h3H,(H,8,9). The minimum atomic E-state index is -1.61. The Morgan fingerprint density at radius 1 is 1.78 bits per heavy atom. The van der Waals surface area contributed by atoms with E-state index in [-0.39, 0.29) is 0 Å². The van der Waals surface area contributed by atoms with Crippen molar-refractivity contribution in [2.45, 2.75) is 6.04 Å². The molecule has 1 N–H and O–H groups in total. The maximum absolute atomic E-state index is 9.83. The number of hydrogen-bond acceptors (Lipinski definition) is 4. The van der Waals surface area contributed by atoms with E-state index in [1.165, 1.54) is 6.07 Å². The molecular weight excluding hydrogens is 124 g/mol. The number of rotatable bonds is 2. The molecule has 0 aromatic heterocycles. The summed E-state index contributed by atoms with van der Waals surface area (Å²) < 4.78 is 0. The van der Waals surface area contributed by atoms with Gasteiger partial charge in [0.25, 0.3) is 0 Å². The van der Waals surface area contributed by atoms with Crippen LogP contribution in [0.25, 0.3) is 0 Å². The topological polar surface area (TPSA) is 90.5 Å². The highest BCUT2D eigenvalue weighted by atomic mass is 16.4. The van der Waals surface area contributed by atoms with Gasteiger partial charge in [-0.2, -0.15) is 10.3 Å². The van der Waals surface area contributed by atoms with Gasteiger partial charge < -0.3 is 5.11 Å². The number of aliphatic carboxylic acids is 1. The lowest BCUT2D eigenvalue weighted by Crippen LogP contribution is -2.14. The second-order valence-corrected chi connectivity index (χ2v) is 1.09. The molecule has 0 aromatic rings. The van der Waals surface area contributed by atoms with E-state index in [2.05, 4.69) is 4.99 Å². The molecule has 5 heteroatoms. The third-order valence-corrected chi connectivity index (χ3v) is 0.538. The van der Waals surface area contributed by atoms with Crippen molar-refractivity contribution in [3.63, 3.8) is 0 Å². The second kappa shape index (κ2) is 3.36. The van der Waals surface area contributed by atoms with Crippen molar-refractivity contribution < 1.29 is 14.7 Å². The number of isocyanates is 1. The molecule has 1 unspecified atom stereocenters. The normalized spacial score (nSPS) is 10.6. The van der Waals surface area contributed by atoms with Crippen LogP contribution in [0.1, 0.15) is 0 Å². The van der Waals surface area contributed by atoms with Gasteiger partial charge in [0.15, 0.2) is 0 Å². The third-order valence-electron chi connectivity index (χ3n) is 0.538. The highest BCUT2D eigenvalue weighted by Gasteiger charge is 2.13. The lowest BCUT2D eigenvalue weighted by Gasteiger charge is -1.87. The maximum Gasteiger partial charge on any atom is 0.344 e. The molecule has 0 saturated heterocycles. The van der Waals surface area contributed by atoms with Crippen molar-refractivity contribution in [1.82, 2.24) is 0 Å². The van der Waals surface area contributed by atoms with Crippen molar-refractivity contribution >= 4 is 12.0 Å². The highest BCUT2D eigenvalue weighted by Crippen LogP contribution is 1.84. The Morgan fingerprint density at radius 3 is 2.44 bits per heavy atom. The number of carbonyl (C=O) groups is 1. The summed E-state index contributed by atoms with van der Waals surface area (Å²) in [5.74, 6) is -1.44. The van der Waals surface area contributed by atoms with Gasteiger partial charge in [0.05, 0.1) is 0 Å². The van der Waals surface area contributed by atoms with E-state index in [1.54, 1.807) is 0 Å². The number of carboxylic acid groups (broad SMARTS) is 1. The van der Waals surface area contributed by atoms with Crippen LogP contribution in [0, 0.1) is 11.3 Å². The fraction of sp³-hybridized carbons (Fsp3) is 0.250. The molecule has 0 aromatic carbocycles. The van der Waals surface area contributed by atoms with Crippen molar-refractivity contribution in [3.8, 4) is 6.07 Å². The Balaban J connectivity index is 4.21. The summed E-state index contributed by atoms with van der Waals surface area (Å²) in [5.41, 5.74) is 0. The van der Waals surface area contributed by atoms with Gasteiger partial charge in [0.2, 0.25) is 12.1 Å². The number of hydrogen-bond donors (Lipinski definition) is 1. The molecule has 46 valence electrons. The summed E-state index contributed by atoms with van der Waals surface area (Å²) in [6, 6.07) is -0.335. The Morgan fingerprint density at radius 2 is 2.33 bits per heavy atom. The molecule has 0 saturated carbocycles. The number of carboxylic acids is 1. The van der Waals surface area contributed by atoms with Crippen LogP contribution in [0.4, 0.5) is 0 Å². The van der Waals surface area contributed by atoms with Crippen LogP contribution in [0.3, 0.4) is 0 Å². The minimum Gasteiger partial charge on any atom is -0.479 e. The third kappa shape index (κ3) is 2.22. The molecule has 0 fully saturated rings. The fourth-order valence-corrected chi connectivity index (χ4v) is 0.192. The van der Waals surface area contributed by atoms with E-state index >= 15 is 0 Å². The van der Waals surface area contributed by atoms with Gasteiger partial charge in [-0.15, -0.1) is 0 Å². The molecule has 5 nitrogen and oxygen atoms in total. The first-order valence-corrected chi connectivity index (χ1v) is 1.91. The van der Waals surface area contributed by atoms with Gasteiger partial charge in [-0.05, 0) is 0 Å². The summed E-state index contributed by atoms with van der Waals surface area (Å²) in [4.78, 5) is 21.9. The predicted octanol–water partition coefficient (Wildman–Crippen LogP) is -0.701. The number of aliphatic imine (C=N–C) groups is 1. The molecule has 0 aliphatic rings. The smallest absolute Gasteiger partial charge is 0.344 e. The van der Waals surface area contributed by atoms with E-state index < -0.39 is 12.0 Å². The van der Waals surface area contributed by atoms with Crippen molar-refractivity contribution in [2.24, 2.45) is 4.99 Å². The zero-order valence-electron chi connectivity index (χ0n) is 4.24. The van der Waals surface area contributed by atoms with Gasteiger partial charge in [-0.25, -0.2) is 9.59 Å². The molecule has 0 rings (SSSR count). The van der Waals surface area contributed by atoms with Crippen LogP contribution in [-0.4, -0.2) is 23.2 Å². The summed E-state index contributed by atoms with van der Waals surface area (Å²) >= 11 is 0. The maximum atomic E-state index is 9.83. The summed E-state index contributed by atoms with van der Waals surface area (Å²) in [7, 11) is 0. The Hall–Kier alpha value is -1.66. The quantitative estimate of drug-likeness (QED) is 0.391. The molecule has 0 aliphatic carbocycles. The van der Waals surface area contributed by atoms with E-state index in [4.69, 9.17) is 10.4 Å². The number of nitrogens with zero attached hydrogens (tertiary/aromatic N) is 2. The molecule has 0 radical (unpaired) electrons. The van der Waals surface area contributed by atoms with E-state index in [0.29, 0.717) is 0 Å². The molecule has 9 heavy (non-hydrogen) atoms. The summed E-state index contributed by atoms with van der Waals surface area (Å²) in [6.45, 7) is 0. The van der Waals surface area contributed by atoms with E-state index in [1.807, 2.05) is 0 Å². The van der Waals surface area contributed by atoms with E-state index in [0.717, 1.165) is 6.08 Å². The molecular formula is C4H2N2O3. The fourth-order valence-electron chi connectivity index (χ4n) is 0.192. The van der Waals surface area contributed by atoms with Crippen LogP contribution in [0.15, 0.2) is 4.99 Å².